The van der Waals surface area contributed by atoms with Gasteiger partial charge < -0.3 is 5.43 Å². The van der Waals surface area contributed by atoms with Gasteiger partial charge >= 0.3 is 0 Å². The van der Waals surface area contributed by atoms with Crippen LogP contribution in [0.5, 0.6) is 0 Å². The first-order valence-corrected chi connectivity index (χ1v) is 3.86. The minimum Gasteiger partial charge on any atom is -0.321 e. The average Bonchev–Trinajstić information content (AvgIpc) is 1.96. The molecule has 12 heavy (non-hydrogen) atoms. The zero-order chi connectivity index (χ0) is 8.43. The van der Waals surface area contributed by atoms with Gasteiger partial charge in [0.05, 0.1) is 10.2 Å². The molecular weight excluding hydrogens is 246 g/mol. The summed E-state index contributed by atoms with van der Waals surface area (Å²) in [6.07, 6.45) is 0. The molecule has 68 valence electrons. The quantitative estimate of drug-likeness (QED) is 0.598. The summed E-state index contributed by atoms with van der Waals surface area (Å²) in [4.78, 5) is 0. The van der Waals surface area contributed by atoms with E-state index in [-0.39, 0.29) is 18.2 Å². The summed E-state index contributed by atoms with van der Waals surface area (Å²) in [6.45, 7) is 1.87. The summed E-state index contributed by atoms with van der Waals surface area (Å²) in [5.41, 5.74) is 3.52. The summed E-state index contributed by atoms with van der Waals surface area (Å²) in [6, 6.07) is 3.33. The normalized spacial score (nSPS) is 9.00. The van der Waals surface area contributed by atoms with E-state index in [9.17, 15) is 4.39 Å². The number of rotatable bonds is 1. The fraction of sp³-hybridized carbons (Fsp3) is 0.143. The Morgan fingerprint density at radius 2 is 2.08 bits per heavy atom. The van der Waals surface area contributed by atoms with Crippen LogP contribution >= 0.6 is 28.3 Å². The van der Waals surface area contributed by atoms with Gasteiger partial charge in [-0.05, 0) is 40.5 Å². The van der Waals surface area contributed by atoms with Crippen molar-refractivity contribution >= 4 is 34.0 Å². The van der Waals surface area contributed by atoms with Crippen LogP contribution in [-0.4, -0.2) is 0 Å². The Labute approximate surface area is 84.8 Å². The minimum atomic E-state index is -0.363. The number of hydrazine groups is 1. The zero-order valence-corrected chi connectivity index (χ0v) is 8.80. The molecule has 0 heterocycles. The highest BCUT2D eigenvalue weighted by Crippen LogP contribution is 2.23. The number of nitrogens with two attached hydrogens (primary N) is 1. The topological polar surface area (TPSA) is 38.0 Å². The number of benzene rings is 1. The molecule has 0 spiro atoms. The Bertz CT molecular complexity index is 280. The predicted octanol–water partition coefficient (Wildman–Crippen LogP) is 2.60. The maximum Gasteiger partial charge on any atom is 0.161 e. The Balaban J connectivity index is 0.00000121. The summed E-state index contributed by atoms with van der Waals surface area (Å²) < 4.78 is 13.4. The third-order valence-electron chi connectivity index (χ3n) is 1.33. The highest BCUT2D eigenvalue weighted by molar-refractivity contribution is 9.10. The fourth-order valence-corrected chi connectivity index (χ4v) is 1.40. The van der Waals surface area contributed by atoms with Crippen molar-refractivity contribution in [2.45, 2.75) is 6.92 Å². The molecular formula is C7H9BrClFN2. The molecule has 1 aromatic carbocycles. The van der Waals surface area contributed by atoms with Crippen molar-refractivity contribution in [2.75, 3.05) is 5.43 Å². The lowest BCUT2D eigenvalue weighted by Crippen LogP contribution is -2.08. The number of nitrogen functional groups attached to an aromatic ring is 1. The molecule has 0 atom stereocenters. The Morgan fingerprint density at radius 1 is 1.50 bits per heavy atom. The Kier molecular flexibility index (Phi) is 4.52. The van der Waals surface area contributed by atoms with Gasteiger partial charge in [-0.2, -0.15) is 0 Å². The number of anilines is 1. The molecule has 0 aromatic heterocycles. The summed E-state index contributed by atoms with van der Waals surface area (Å²) in [5, 5.41) is 0. The van der Waals surface area contributed by atoms with Gasteiger partial charge in [0, 0.05) is 0 Å². The van der Waals surface area contributed by atoms with E-state index < -0.39 is 0 Å². The molecule has 0 fully saturated rings. The second kappa shape index (κ2) is 4.64. The van der Waals surface area contributed by atoms with Crippen LogP contribution in [0.4, 0.5) is 10.1 Å². The summed E-state index contributed by atoms with van der Waals surface area (Å²) in [5.74, 6) is 4.71. The molecule has 0 saturated carbocycles. The predicted molar refractivity (Wildman–Crippen MR) is 53.9 cm³/mol. The van der Waals surface area contributed by atoms with Crippen molar-refractivity contribution < 1.29 is 4.39 Å². The highest BCUT2D eigenvalue weighted by atomic mass is 79.9. The Morgan fingerprint density at radius 3 is 2.58 bits per heavy atom. The lowest BCUT2D eigenvalue weighted by atomic mass is 10.2. The van der Waals surface area contributed by atoms with Crippen molar-refractivity contribution in [1.29, 1.82) is 0 Å². The second-order valence-electron chi connectivity index (χ2n) is 2.25. The summed E-state index contributed by atoms with van der Waals surface area (Å²) >= 11 is 3.07. The van der Waals surface area contributed by atoms with E-state index in [0.29, 0.717) is 10.2 Å². The molecule has 0 radical (unpaired) electrons. The standard InChI is InChI=1S/C7H8BrFN2.ClH/c1-4-2-5(8)7(9)6(3-4)11-10;/h2-3,11H,10H2,1H3;1H. The molecule has 2 nitrogen and oxygen atoms in total. The monoisotopic (exact) mass is 254 g/mol. The van der Waals surface area contributed by atoms with E-state index in [4.69, 9.17) is 5.84 Å². The van der Waals surface area contributed by atoms with Gasteiger partial charge in [0.1, 0.15) is 0 Å². The number of hydrogen-bond donors (Lipinski definition) is 2. The van der Waals surface area contributed by atoms with Gasteiger partial charge in [0.15, 0.2) is 5.82 Å². The second-order valence-corrected chi connectivity index (χ2v) is 3.11. The van der Waals surface area contributed by atoms with E-state index in [1.807, 2.05) is 6.92 Å². The molecule has 5 heteroatoms. The van der Waals surface area contributed by atoms with Gasteiger partial charge in [-0.3, -0.25) is 5.84 Å². The number of aryl methyl sites for hydroxylation is 1. The fourth-order valence-electron chi connectivity index (χ4n) is 0.830. The molecule has 0 unspecified atom stereocenters. The molecule has 3 N–H and O–H groups in total. The largest absolute Gasteiger partial charge is 0.321 e. The number of hydrogen-bond acceptors (Lipinski definition) is 2. The first-order valence-electron chi connectivity index (χ1n) is 3.07. The molecule has 1 aromatic rings. The van der Waals surface area contributed by atoms with Crippen LogP contribution in [0.15, 0.2) is 16.6 Å². The van der Waals surface area contributed by atoms with Crippen LogP contribution in [0.1, 0.15) is 5.56 Å². The van der Waals surface area contributed by atoms with Gasteiger partial charge in [-0.25, -0.2) is 4.39 Å². The third-order valence-corrected chi connectivity index (χ3v) is 1.91. The van der Waals surface area contributed by atoms with E-state index in [2.05, 4.69) is 21.4 Å². The summed E-state index contributed by atoms with van der Waals surface area (Å²) in [7, 11) is 0. The van der Waals surface area contributed by atoms with E-state index in [0.717, 1.165) is 5.56 Å². The third kappa shape index (κ3) is 2.33. The van der Waals surface area contributed by atoms with Crippen LogP contribution in [-0.2, 0) is 0 Å². The molecule has 0 aliphatic carbocycles. The average molecular weight is 256 g/mol. The van der Waals surface area contributed by atoms with Gasteiger partial charge in [0.25, 0.3) is 0 Å². The molecule has 0 amide bonds. The lowest BCUT2D eigenvalue weighted by Gasteiger charge is -2.04. The van der Waals surface area contributed by atoms with Crippen LogP contribution < -0.4 is 11.3 Å². The van der Waals surface area contributed by atoms with Crippen LogP contribution in [0.25, 0.3) is 0 Å². The zero-order valence-electron chi connectivity index (χ0n) is 6.40. The smallest absolute Gasteiger partial charge is 0.161 e. The van der Waals surface area contributed by atoms with Crippen molar-refractivity contribution in [1.82, 2.24) is 0 Å². The SMILES string of the molecule is Cc1cc(Br)c(F)c(NN)c1.Cl. The van der Waals surface area contributed by atoms with E-state index in [1.165, 1.54) is 0 Å². The number of halogens is 3. The molecule has 0 aliphatic rings. The lowest BCUT2D eigenvalue weighted by molar-refractivity contribution is 0.623. The van der Waals surface area contributed by atoms with Crippen molar-refractivity contribution in [3.63, 3.8) is 0 Å². The first kappa shape index (κ1) is 11.7. The van der Waals surface area contributed by atoms with Gasteiger partial charge in [0.2, 0.25) is 0 Å². The van der Waals surface area contributed by atoms with E-state index in [1.54, 1.807) is 12.1 Å². The molecule has 1 rings (SSSR count). The Hall–Kier alpha value is -0.320. The van der Waals surface area contributed by atoms with Crippen LogP contribution in [0.2, 0.25) is 0 Å². The number of nitrogens with one attached hydrogen (secondary N) is 1. The van der Waals surface area contributed by atoms with Crippen molar-refractivity contribution in [3.8, 4) is 0 Å². The van der Waals surface area contributed by atoms with Crippen LogP contribution in [0.3, 0.4) is 0 Å². The highest BCUT2D eigenvalue weighted by Gasteiger charge is 2.04. The molecule has 0 bridgehead atoms. The maximum atomic E-state index is 13.0. The maximum absolute atomic E-state index is 13.0. The van der Waals surface area contributed by atoms with Gasteiger partial charge in [-0.15, -0.1) is 12.4 Å². The first-order chi connectivity index (χ1) is 5.15. The minimum absolute atomic E-state index is 0. The van der Waals surface area contributed by atoms with Crippen molar-refractivity contribution in [3.05, 3.63) is 28.0 Å². The van der Waals surface area contributed by atoms with Crippen LogP contribution in [0, 0.1) is 12.7 Å². The molecule has 0 aliphatic heterocycles. The van der Waals surface area contributed by atoms with Gasteiger partial charge in [-0.1, -0.05) is 0 Å². The molecule has 0 saturated heterocycles. The van der Waals surface area contributed by atoms with Crippen molar-refractivity contribution in [2.24, 2.45) is 5.84 Å². The van der Waals surface area contributed by atoms with E-state index >= 15 is 0 Å².